The van der Waals surface area contributed by atoms with Crippen LogP contribution in [0.5, 0.6) is 0 Å². The standard InChI is InChI=1S/C29H33Cl2FN4O4S/c1-4-17-33-29(38)27(18-21-9-6-5-7-10-21)35(19-24-25(30)11-8-12-26(24)31)28(37)20-36(41(39,40)34(2)3)23-15-13-22(32)14-16-23/h5-16,27H,4,17-20H2,1-3H3,(H,33,38)/t27-/m0/s1. The van der Waals surface area contributed by atoms with Crippen LogP contribution in [0.25, 0.3) is 0 Å². The first-order valence-corrected chi connectivity index (χ1v) is 15.1. The topological polar surface area (TPSA) is 90.0 Å². The quantitative estimate of drug-likeness (QED) is 0.293. The Morgan fingerprint density at radius 2 is 1.54 bits per heavy atom. The molecule has 41 heavy (non-hydrogen) atoms. The molecule has 0 radical (unpaired) electrons. The zero-order chi connectivity index (χ0) is 30.2. The predicted molar refractivity (Wildman–Crippen MR) is 161 cm³/mol. The molecule has 0 bridgehead atoms. The summed E-state index contributed by atoms with van der Waals surface area (Å²) in [5.74, 6) is -1.65. The monoisotopic (exact) mass is 622 g/mol. The van der Waals surface area contributed by atoms with E-state index in [9.17, 15) is 22.4 Å². The van der Waals surface area contributed by atoms with E-state index in [-0.39, 0.29) is 18.7 Å². The summed E-state index contributed by atoms with van der Waals surface area (Å²) >= 11 is 12.9. The van der Waals surface area contributed by atoms with Gasteiger partial charge >= 0.3 is 10.2 Å². The van der Waals surface area contributed by atoms with E-state index in [1.807, 2.05) is 37.3 Å². The summed E-state index contributed by atoms with van der Waals surface area (Å²) in [6, 6.07) is 17.8. The van der Waals surface area contributed by atoms with Gasteiger partial charge in [-0.15, -0.1) is 0 Å². The van der Waals surface area contributed by atoms with Crippen molar-refractivity contribution in [1.29, 1.82) is 0 Å². The van der Waals surface area contributed by atoms with Crippen LogP contribution in [-0.4, -0.2) is 62.7 Å². The highest BCUT2D eigenvalue weighted by molar-refractivity contribution is 7.90. The lowest BCUT2D eigenvalue weighted by Gasteiger charge is -2.34. The number of carbonyl (C=O) groups excluding carboxylic acids is 2. The van der Waals surface area contributed by atoms with Crippen molar-refractivity contribution in [3.05, 3.63) is 99.8 Å². The summed E-state index contributed by atoms with van der Waals surface area (Å²) in [5.41, 5.74) is 1.29. The normalized spacial score (nSPS) is 12.2. The van der Waals surface area contributed by atoms with Crippen LogP contribution in [0.3, 0.4) is 0 Å². The summed E-state index contributed by atoms with van der Waals surface area (Å²) in [6.07, 6.45) is 0.828. The van der Waals surface area contributed by atoms with Crippen molar-refractivity contribution < 1.29 is 22.4 Å². The molecule has 1 N–H and O–H groups in total. The van der Waals surface area contributed by atoms with E-state index >= 15 is 0 Å². The van der Waals surface area contributed by atoms with Gasteiger partial charge in [-0.2, -0.15) is 12.7 Å². The first kappa shape index (κ1) is 32.3. The number of amides is 2. The first-order valence-electron chi connectivity index (χ1n) is 13.0. The maximum absolute atomic E-state index is 14.2. The van der Waals surface area contributed by atoms with Crippen molar-refractivity contribution >= 4 is 50.9 Å². The second-order valence-electron chi connectivity index (χ2n) is 9.49. The van der Waals surface area contributed by atoms with Gasteiger partial charge in [0.2, 0.25) is 11.8 Å². The number of benzene rings is 3. The summed E-state index contributed by atoms with van der Waals surface area (Å²) in [4.78, 5) is 29.0. The SMILES string of the molecule is CCCNC(=O)[C@H](Cc1ccccc1)N(Cc1c(Cl)cccc1Cl)C(=O)CN(c1ccc(F)cc1)S(=O)(=O)N(C)C. The Morgan fingerprint density at radius 3 is 2.10 bits per heavy atom. The van der Waals surface area contributed by atoms with E-state index in [4.69, 9.17) is 23.2 Å². The van der Waals surface area contributed by atoms with Gasteiger partial charge in [-0.1, -0.05) is 66.5 Å². The molecule has 0 heterocycles. The summed E-state index contributed by atoms with van der Waals surface area (Å²) < 4.78 is 42.2. The van der Waals surface area contributed by atoms with Gasteiger partial charge in [-0.05, 0) is 48.4 Å². The number of hydrogen-bond acceptors (Lipinski definition) is 4. The average molecular weight is 624 g/mol. The van der Waals surface area contributed by atoms with Crippen LogP contribution < -0.4 is 9.62 Å². The fraction of sp³-hybridized carbons (Fsp3) is 0.310. The van der Waals surface area contributed by atoms with E-state index in [0.717, 1.165) is 26.3 Å². The summed E-state index contributed by atoms with van der Waals surface area (Å²) in [5, 5.41) is 3.44. The molecule has 0 fully saturated rings. The highest BCUT2D eigenvalue weighted by atomic mass is 35.5. The highest BCUT2D eigenvalue weighted by Gasteiger charge is 2.35. The Balaban J connectivity index is 2.12. The van der Waals surface area contributed by atoms with E-state index in [0.29, 0.717) is 28.6 Å². The van der Waals surface area contributed by atoms with Crippen molar-refractivity contribution in [2.75, 3.05) is 31.5 Å². The molecule has 8 nitrogen and oxygen atoms in total. The van der Waals surface area contributed by atoms with Gasteiger partial charge in [0.1, 0.15) is 18.4 Å². The Morgan fingerprint density at radius 1 is 0.927 bits per heavy atom. The number of nitrogens with zero attached hydrogens (tertiary/aromatic N) is 3. The van der Waals surface area contributed by atoms with Crippen molar-refractivity contribution in [3.63, 3.8) is 0 Å². The Labute approximate surface area is 250 Å². The van der Waals surface area contributed by atoms with Crippen LogP contribution in [0, 0.1) is 5.82 Å². The molecule has 3 aromatic carbocycles. The third kappa shape index (κ3) is 8.42. The molecule has 0 aromatic heterocycles. The number of carbonyl (C=O) groups is 2. The van der Waals surface area contributed by atoms with Gasteiger partial charge in [0.15, 0.2) is 0 Å². The minimum absolute atomic E-state index is 0.0826. The largest absolute Gasteiger partial charge is 0.354 e. The molecule has 0 aliphatic carbocycles. The zero-order valence-corrected chi connectivity index (χ0v) is 25.4. The molecule has 0 saturated heterocycles. The molecular weight excluding hydrogens is 590 g/mol. The number of nitrogens with one attached hydrogen (secondary N) is 1. The van der Waals surface area contributed by atoms with E-state index in [2.05, 4.69) is 5.32 Å². The second-order valence-corrected chi connectivity index (χ2v) is 12.4. The van der Waals surface area contributed by atoms with Crippen molar-refractivity contribution in [1.82, 2.24) is 14.5 Å². The summed E-state index contributed by atoms with van der Waals surface area (Å²) in [6.45, 7) is 1.47. The van der Waals surface area contributed by atoms with Crippen molar-refractivity contribution in [2.24, 2.45) is 0 Å². The van der Waals surface area contributed by atoms with Crippen LogP contribution in [0.1, 0.15) is 24.5 Å². The maximum atomic E-state index is 14.2. The van der Waals surface area contributed by atoms with E-state index in [1.54, 1.807) is 18.2 Å². The number of hydrogen-bond donors (Lipinski definition) is 1. The first-order chi connectivity index (χ1) is 19.4. The van der Waals surface area contributed by atoms with Crippen LogP contribution >= 0.6 is 23.2 Å². The number of rotatable bonds is 13. The van der Waals surface area contributed by atoms with Crippen LogP contribution in [0.2, 0.25) is 10.0 Å². The van der Waals surface area contributed by atoms with Crippen molar-refractivity contribution in [3.8, 4) is 0 Å². The van der Waals surface area contributed by atoms with E-state index in [1.165, 1.54) is 31.1 Å². The van der Waals surface area contributed by atoms with Crippen LogP contribution in [-0.2, 0) is 32.8 Å². The molecule has 12 heteroatoms. The molecule has 0 aliphatic heterocycles. The molecule has 0 unspecified atom stereocenters. The highest BCUT2D eigenvalue weighted by Crippen LogP contribution is 2.28. The zero-order valence-electron chi connectivity index (χ0n) is 23.1. The van der Waals surface area contributed by atoms with Gasteiger partial charge in [0.25, 0.3) is 0 Å². The molecule has 0 aliphatic rings. The third-order valence-electron chi connectivity index (χ3n) is 6.34. The third-order valence-corrected chi connectivity index (χ3v) is 8.87. The molecule has 0 saturated carbocycles. The molecular formula is C29H33Cl2FN4O4S. The lowest BCUT2D eigenvalue weighted by Crippen LogP contribution is -2.54. The minimum atomic E-state index is -4.20. The fourth-order valence-electron chi connectivity index (χ4n) is 4.10. The van der Waals surface area contributed by atoms with Gasteiger partial charge in [0.05, 0.1) is 5.69 Å². The molecule has 0 spiro atoms. The molecule has 220 valence electrons. The van der Waals surface area contributed by atoms with Gasteiger partial charge < -0.3 is 10.2 Å². The molecule has 3 aromatic rings. The number of halogens is 3. The smallest absolute Gasteiger partial charge is 0.304 e. The predicted octanol–water partition coefficient (Wildman–Crippen LogP) is 4.91. The van der Waals surface area contributed by atoms with Gasteiger partial charge in [-0.3, -0.25) is 9.59 Å². The Kier molecular flexibility index (Phi) is 11.5. The fourth-order valence-corrected chi connectivity index (χ4v) is 5.67. The van der Waals surface area contributed by atoms with Crippen LogP contribution in [0.4, 0.5) is 10.1 Å². The van der Waals surface area contributed by atoms with Gasteiger partial charge in [0, 0.05) is 49.2 Å². The van der Waals surface area contributed by atoms with Crippen molar-refractivity contribution in [2.45, 2.75) is 32.4 Å². The lowest BCUT2D eigenvalue weighted by atomic mass is 10.0. The minimum Gasteiger partial charge on any atom is -0.354 e. The summed E-state index contributed by atoms with van der Waals surface area (Å²) in [7, 11) is -1.54. The molecule has 2 amide bonds. The average Bonchev–Trinajstić information content (AvgIpc) is 2.94. The second kappa shape index (κ2) is 14.6. The van der Waals surface area contributed by atoms with E-state index < -0.39 is 40.4 Å². The number of anilines is 1. The van der Waals surface area contributed by atoms with Crippen LogP contribution in [0.15, 0.2) is 72.8 Å². The van der Waals surface area contributed by atoms with Gasteiger partial charge in [-0.25, -0.2) is 8.70 Å². The maximum Gasteiger partial charge on any atom is 0.304 e. The lowest BCUT2D eigenvalue weighted by molar-refractivity contribution is -0.140. The molecule has 3 rings (SSSR count). The Bertz CT molecular complexity index is 1420. The Hall–Kier alpha value is -3.18. The molecule has 1 atom stereocenters.